The number of carbonyl (C=O) groups excluding carboxylic acids is 1. The van der Waals surface area contributed by atoms with Gasteiger partial charge in [0.2, 0.25) is 5.91 Å². The van der Waals surface area contributed by atoms with Gasteiger partial charge in [0.15, 0.2) is 0 Å². The van der Waals surface area contributed by atoms with Crippen molar-refractivity contribution in [3.05, 3.63) is 81.3 Å². The predicted molar refractivity (Wildman–Crippen MR) is 144 cm³/mol. The summed E-state index contributed by atoms with van der Waals surface area (Å²) in [6.07, 6.45) is 9.04. The Labute approximate surface area is 212 Å². The fourth-order valence-electron chi connectivity index (χ4n) is 5.78. The molecule has 3 aliphatic rings. The van der Waals surface area contributed by atoms with Crippen LogP contribution in [0, 0.1) is 18.8 Å². The number of aromatic nitrogens is 2. The second-order valence-electron chi connectivity index (χ2n) is 10.6. The number of allylic oxidation sites excluding steroid dienone is 1. The maximum absolute atomic E-state index is 13.6. The highest BCUT2D eigenvalue weighted by Crippen LogP contribution is 2.33. The minimum absolute atomic E-state index is 0.0576. The summed E-state index contributed by atoms with van der Waals surface area (Å²) in [6.45, 7) is 6.09. The number of likely N-dealkylation sites (tertiary alicyclic amines) is 1. The lowest BCUT2D eigenvalue weighted by atomic mass is 9.99. The fraction of sp³-hybridized carbons (Fsp3) is 0.387. The molecular weight excluding hydrogens is 446 g/mol. The zero-order valence-electron chi connectivity index (χ0n) is 21.2. The van der Waals surface area contributed by atoms with Crippen molar-refractivity contribution in [1.82, 2.24) is 14.5 Å². The van der Waals surface area contributed by atoms with Crippen LogP contribution in [0.3, 0.4) is 0 Å². The summed E-state index contributed by atoms with van der Waals surface area (Å²) in [7, 11) is 0. The largest absolute Gasteiger partial charge is 0.342 e. The summed E-state index contributed by atoms with van der Waals surface area (Å²) in [5.74, 6) is 1.55. The molecule has 1 amide bonds. The van der Waals surface area contributed by atoms with E-state index in [1.807, 2.05) is 23.3 Å². The number of benzene rings is 2. The minimum atomic E-state index is 0.0576. The first kappa shape index (κ1) is 23.0. The molecule has 5 heteroatoms. The van der Waals surface area contributed by atoms with E-state index in [2.05, 4.69) is 54.6 Å². The van der Waals surface area contributed by atoms with Gasteiger partial charge in [-0.2, -0.15) is 0 Å². The van der Waals surface area contributed by atoms with E-state index in [1.54, 1.807) is 0 Å². The van der Waals surface area contributed by atoms with E-state index >= 15 is 0 Å². The lowest BCUT2D eigenvalue weighted by Crippen LogP contribution is -2.33. The van der Waals surface area contributed by atoms with Crippen molar-refractivity contribution in [2.45, 2.75) is 52.5 Å². The molecule has 1 saturated carbocycles. The number of fused-ring (bicyclic) bond motifs is 1. The summed E-state index contributed by atoms with van der Waals surface area (Å²) in [5.41, 5.74) is 7.64. The van der Waals surface area contributed by atoms with Crippen LogP contribution in [0.4, 0.5) is 0 Å². The van der Waals surface area contributed by atoms with Crippen molar-refractivity contribution in [2.24, 2.45) is 11.8 Å². The molecule has 0 unspecified atom stereocenters. The molecule has 3 aromatic rings. The van der Waals surface area contributed by atoms with Crippen LogP contribution in [0.25, 0.3) is 28.6 Å². The highest BCUT2D eigenvalue weighted by molar-refractivity contribution is 5.81. The van der Waals surface area contributed by atoms with Crippen molar-refractivity contribution >= 4 is 12.0 Å². The van der Waals surface area contributed by atoms with Crippen LogP contribution in [0.15, 0.2) is 53.3 Å². The Morgan fingerprint density at radius 3 is 2.53 bits per heavy atom. The standard InChI is InChI=1S/C31H33N3O2/c1-3-28-20(2)32-29(34(31(28)36)19-21-15-16-33(18-21)30(35)25-12-13-25)24-10-7-23(8-11-24)27-14-9-22-5-4-6-26(22)17-27/h4-5,7-11,14,17,21,25H,3,6,12-13,15-16,18-19H2,1-2H3/t21-/m1/s1. The molecule has 0 radical (unpaired) electrons. The molecule has 0 spiro atoms. The second kappa shape index (κ2) is 9.20. The Kier molecular flexibility index (Phi) is 5.87. The molecule has 2 aromatic carbocycles. The molecule has 1 aliphatic heterocycles. The van der Waals surface area contributed by atoms with E-state index in [0.717, 1.165) is 67.0 Å². The first-order chi connectivity index (χ1) is 17.5. The van der Waals surface area contributed by atoms with Crippen LogP contribution in [-0.4, -0.2) is 33.4 Å². The van der Waals surface area contributed by atoms with Crippen LogP contribution in [0.5, 0.6) is 0 Å². The van der Waals surface area contributed by atoms with Gasteiger partial charge in [-0.25, -0.2) is 4.98 Å². The Morgan fingerprint density at radius 2 is 1.78 bits per heavy atom. The molecule has 5 nitrogen and oxygen atoms in total. The summed E-state index contributed by atoms with van der Waals surface area (Å²) < 4.78 is 1.87. The maximum Gasteiger partial charge on any atom is 0.257 e. The fourth-order valence-corrected chi connectivity index (χ4v) is 5.78. The van der Waals surface area contributed by atoms with Gasteiger partial charge >= 0.3 is 0 Å². The molecule has 184 valence electrons. The van der Waals surface area contributed by atoms with Gasteiger partial charge in [0.25, 0.3) is 5.56 Å². The lowest BCUT2D eigenvalue weighted by Gasteiger charge is -2.20. The van der Waals surface area contributed by atoms with E-state index in [0.29, 0.717) is 18.9 Å². The van der Waals surface area contributed by atoms with Gasteiger partial charge in [-0.3, -0.25) is 14.2 Å². The number of hydrogen-bond acceptors (Lipinski definition) is 3. The van der Waals surface area contributed by atoms with Gasteiger partial charge in [-0.1, -0.05) is 61.5 Å². The summed E-state index contributed by atoms with van der Waals surface area (Å²) in [4.78, 5) is 33.1. The number of rotatable bonds is 6. The minimum Gasteiger partial charge on any atom is -0.342 e. The Hall–Kier alpha value is -3.47. The van der Waals surface area contributed by atoms with E-state index in [-0.39, 0.29) is 17.4 Å². The zero-order valence-corrected chi connectivity index (χ0v) is 21.2. The quantitative estimate of drug-likeness (QED) is 0.484. The molecule has 2 aliphatic carbocycles. The van der Waals surface area contributed by atoms with E-state index in [1.165, 1.54) is 16.7 Å². The third kappa shape index (κ3) is 4.21. The van der Waals surface area contributed by atoms with Gasteiger partial charge in [-0.15, -0.1) is 0 Å². The zero-order chi connectivity index (χ0) is 24.8. The monoisotopic (exact) mass is 479 g/mol. The van der Waals surface area contributed by atoms with Crippen molar-refractivity contribution in [3.8, 4) is 22.5 Å². The van der Waals surface area contributed by atoms with Gasteiger partial charge in [-0.05, 0) is 67.2 Å². The maximum atomic E-state index is 13.6. The highest BCUT2D eigenvalue weighted by Gasteiger charge is 2.36. The van der Waals surface area contributed by atoms with Gasteiger partial charge in [0.1, 0.15) is 5.82 Å². The number of hydrogen-bond donors (Lipinski definition) is 0. The smallest absolute Gasteiger partial charge is 0.257 e. The van der Waals surface area contributed by atoms with Gasteiger partial charge in [0, 0.05) is 42.4 Å². The first-order valence-electron chi connectivity index (χ1n) is 13.3. The highest BCUT2D eigenvalue weighted by atomic mass is 16.2. The summed E-state index contributed by atoms with van der Waals surface area (Å²) in [5, 5.41) is 0. The predicted octanol–water partition coefficient (Wildman–Crippen LogP) is 5.28. The average Bonchev–Trinajstić information content (AvgIpc) is 3.45. The molecule has 36 heavy (non-hydrogen) atoms. The van der Waals surface area contributed by atoms with E-state index in [4.69, 9.17) is 4.98 Å². The molecular formula is C31H33N3O2. The Morgan fingerprint density at radius 1 is 1.03 bits per heavy atom. The molecule has 0 bridgehead atoms. The molecule has 1 aromatic heterocycles. The van der Waals surface area contributed by atoms with Crippen molar-refractivity contribution in [3.63, 3.8) is 0 Å². The number of amides is 1. The van der Waals surface area contributed by atoms with Gasteiger partial charge in [0.05, 0.1) is 0 Å². The van der Waals surface area contributed by atoms with Crippen molar-refractivity contribution in [1.29, 1.82) is 0 Å². The van der Waals surface area contributed by atoms with Crippen LogP contribution in [0.1, 0.15) is 48.6 Å². The normalized spacial score (nSPS) is 18.6. The van der Waals surface area contributed by atoms with Crippen molar-refractivity contribution in [2.75, 3.05) is 13.1 Å². The number of aryl methyl sites for hydroxylation is 1. The number of nitrogens with zero attached hydrogens (tertiary/aromatic N) is 3. The van der Waals surface area contributed by atoms with E-state index in [9.17, 15) is 9.59 Å². The average molecular weight is 480 g/mol. The molecule has 1 atom stereocenters. The van der Waals surface area contributed by atoms with E-state index < -0.39 is 0 Å². The van der Waals surface area contributed by atoms with Crippen LogP contribution in [-0.2, 0) is 24.2 Å². The molecule has 2 fully saturated rings. The Bertz CT molecular complexity index is 1410. The van der Waals surface area contributed by atoms with Crippen molar-refractivity contribution < 1.29 is 4.79 Å². The third-order valence-electron chi connectivity index (χ3n) is 8.04. The van der Waals surface area contributed by atoms with Crippen LogP contribution < -0.4 is 5.56 Å². The van der Waals surface area contributed by atoms with Gasteiger partial charge < -0.3 is 4.90 Å². The molecule has 2 heterocycles. The van der Waals surface area contributed by atoms with Crippen LogP contribution in [0.2, 0.25) is 0 Å². The topological polar surface area (TPSA) is 55.2 Å². The molecule has 6 rings (SSSR count). The first-order valence-corrected chi connectivity index (χ1v) is 13.3. The van der Waals surface area contributed by atoms with Crippen LogP contribution >= 0.6 is 0 Å². The second-order valence-corrected chi connectivity index (χ2v) is 10.6. The lowest BCUT2D eigenvalue weighted by molar-refractivity contribution is -0.131. The molecule has 1 saturated heterocycles. The summed E-state index contributed by atoms with van der Waals surface area (Å²) in [6, 6.07) is 15.1. The summed E-state index contributed by atoms with van der Waals surface area (Å²) >= 11 is 0. The Balaban J connectivity index is 1.30. The molecule has 0 N–H and O–H groups in total. The SMILES string of the molecule is CCc1c(C)nc(-c2ccc(-c3ccc4c(c3)CC=C4)cc2)n(C[C@@H]2CCN(C(=O)C3CC3)C2)c1=O. The third-order valence-corrected chi connectivity index (χ3v) is 8.04. The number of carbonyl (C=O) groups is 1.